The van der Waals surface area contributed by atoms with Crippen molar-refractivity contribution in [2.24, 2.45) is 0 Å². The Morgan fingerprint density at radius 1 is 1.23 bits per heavy atom. The van der Waals surface area contributed by atoms with Gasteiger partial charge in [-0.15, -0.1) is 0 Å². The van der Waals surface area contributed by atoms with Crippen LogP contribution in [-0.2, 0) is 6.54 Å². The predicted octanol–water partition coefficient (Wildman–Crippen LogP) is 3.74. The summed E-state index contributed by atoms with van der Waals surface area (Å²) in [6.45, 7) is 2.61. The van der Waals surface area contributed by atoms with E-state index in [1.165, 1.54) is 24.0 Å². The molecule has 0 unspecified atom stereocenters. The number of nitro benzene ring substituents is 1. The van der Waals surface area contributed by atoms with Crippen molar-refractivity contribution in [3.8, 4) is 5.75 Å². The fraction of sp³-hybridized carbons (Fsp3) is 0.318. The van der Waals surface area contributed by atoms with Crippen LogP contribution in [0.2, 0.25) is 0 Å². The molecule has 1 aromatic heterocycles. The van der Waals surface area contributed by atoms with Gasteiger partial charge in [-0.1, -0.05) is 12.1 Å². The number of amides is 1. The second kappa shape index (κ2) is 8.54. The molecule has 1 amide bonds. The van der Waals surface area contributed by atoms with E-state index in [1.807, 2.05) is 12.1 Å². The van der Waals surface area contributed by atoms with Gasteiger partial charge in [-0.3, -0.25) is 19.8 Å². The number of piperidine rings is 1. The van der Waals surface area contributed by atoms with Crippen molar-refractivity contribution in [2.75, 3.05) is 20.2 Å². The molecule has 0 spiro atoms. The first kappa shape index (κ1) is 19.9. The summed E-state index contributed by atoms with van der Waals surface area (Å²) >= 11 is 0. The molecule has 1 aliphatic rings. The van der Waals surface area contributed by atoms with E-state index in [2.05, 4.69) is 22.3 Å². The van der Waals surface area contributed by atoms with Crippen molar-refractivity contribution in [3.05, 3.63) is 70.2 Å². The van der Waals surface area contributed by atoms with E-state index in [0.29, 0.717) is 10.8 Å². The monoisotopic (exact) mass is 409 g/mol. The minimum Gasteiger partial charge on any atom is -0.497 e. The van der Waals surface area contributed by atoms with Gasteiger partial charge < -0.3 is 14.5 Å². The second-order valence-corrected chi connectivity index (χ2v) is 7.47. The van der Waals surface area contributed by atoms with Crippen LogP contribution in [-0.4, -0.2) is 42.0 Å². The van der Waals surface area contributed by atoms with E-state index in [0.717, 1.165) is 38.2 Å². The summed E-state index contributed by atoms with van der Waals surface area (Å²) in [5.74, 6) is 0.629. The smallest absolute Gasteiger partial charge is 0.287 e. The zero-order chi connectivity index (χ0) is 21.1. The molecule has 2 heterocycles. The van der Waals surface area contributed by atoms with Crippen molar-refractivity contribution < 1.29 is 18.9 Å². The fourth-order valence-electron chi connectivity index (χ4n) is 3.79. The third-order valence-electron chi connectivity index (χ3n) is 5.49. The quantitative estimate of drug-likeness (QED) is 0.492. The number of nitrogens with zero attached hydrogens (tertiary/aromatic N) is 2. The molecule has 1 aliphatic heterocycles. The lowest BCUT2D eigenvalue weighted by Gasteiger charge is -2.32. The van der Waals surface area contributed by atoms with Crippen molar-refractivity contribution in [1.82, 2.24) is 10.2 Å². The van der Waals surface area contributed by atoms with Crippen LogP contribution in [0.5, 0.6) is 5.75 Å². The van der Waals surface area contributed by atoms with Crippen LogP contribution in [0.3, 0.4) is 0 Å². The number of likely N-dealkylation sites (tertiary alicyclic amines) is 1. The van der Waals surface area contributed by atoms with Gasteiger partial charge in [0.25, 0.3) is 11.6 Å². The van der Waals surface area contributed by atoms with E-state index in [9.17, 15) is 14.9 Å². The van der Waals surface area contributed by atoms with Crippen LogP contribution < -0.4 is 10.1 Å². The third-order valence-corrected chi connectivity index (χ3v) is 5.49. The first-order chi connectivity index (χ1) is 14.5. The molecular weight excluding hydrogens is 386 g/mol. The highest BCUT2D eigenvalue weighted by Crippen LogP contribution is 2.26. The van der Waals surface area contributed by atoms with Gasteiger partial charge in [0.1, 0.15) is 5.75 Å². The molecule has 3 aromatic rings. The molecule has 4 rings (SSSR count). The molecule has 1 saturated heterocycles. The Kier molecular flexibility index (Phi) is 5.67. The average Bonchev–Trinajstić information content (AvgIpc) is 3.19. The van der Waals surface area contributed by atoms with E-state index in [4.69, 9.17) is 9.15 Å². The number of hydrogen-bond acceptors (Lipinski definition) is 6. The topological polar surface area (TPSA) is 97.8 Å². The van der Waals surface area contributed by atoms with Crippen molar-refractivity contribution in [3.63, 3.8) is 0 Å². The first-order valence-electron chi connectivity index (χ1n) is 9.85. The van der Waals surface area contributed by atoms with Gasteiger partial charge in [0, 0.05) is 48.6 Å². The number of ether oxygens (including phenoxy) is 1. The average molecular weight is 409 g/mol. The molecule has 0 saturated carbocycles. The Balaban J connectivity index is 1.34. The van der Waals surface area contributed by atoms with Gasteiger partial charge in [0.15, 0.2) is 5.76 Å². The molecule has 0 bridgehead atoms. The van der Waals surface area contributed by atoms with E-state index < -0.39 is 4.92 Å². The number of non-ortho nitro benzene ring substituents is 1. The summed E-state index contributed by atoms with van der Waals surface area (Å²) in [6, 6.07) is 12.5. The molecule has 1 N–H and O–H groups in total. The number of hydrogen-bond donors (Lipinski definition) is 1. The maximum absolute atomic E-state index is 12.7. The summed E-state index contributed by atoms with van der Waals surface area (Å²) in [6.07, 6.45) is 3.12. The lowest BCUT2D eigenvalue weighted by atomic mass is 10.0. The highest BCUT2D eigenvalue weighted by Gasteiger charge is 2.24. The molecule has 8 heteroatoms. The number of fused-ring (bicyclic) bond motifs is 1. The summed E-state index contributed by atoms with van der Waals surface area (Å²) < 4.78 is 10.6. The predicted molar refractivity (Wildman–Crippen MR) is 112 cm³/mol. The zero-order valence-corrected chi connectivity index (χ0v) is 16.7. The summed E-state index contributed by atoms with van der Waals surface area (Å²) in [7, 11) is 1.65. The second-order valence-electron chi connectivity index (χ2n) is 7.47. The van der Waals surface area contributed by atoms with Crippen LogP contribution in [0.1, 0.15) is 29.0 Å². The van der Waals surface area contributed by atoms with Crippen molar-refractivity contribution >= 4 is 22.4 Å². The molecule has 156 valence electrons. The Labute approximate surface area is 173 Å². The lowest BCUT2D eigenvalue weighted by molar-refractivity contribution is -0.384. The van der Waals surface area contributed by atoms with Crippen LogP contribution in [0.15, 0.2) is 53.1 Å². The van der Waals surface area contributed by atoms with Gasteiger partial charge in [0.2, 0.25) is 0 Å². The number of furan rings is 1. The lowest BCUT2D eigenvalue weighted by Crippen LogP contribution is -2.44. The molecule has 30 heavy (non-hydrogen) atoms. The van der Waals surface area contributed by atoms with Gasteiger partial charge in [0.05, 0.1) is 18.3 Å². The number of benzene rings is 2. The van der Waals surface area contributed by atoms with Gasteiger partial charge in [-0.2, -0.15) is 0 Å². The van der Waals surface area contributed by atoms with E-state index in [1.54, 1.807) is 13.2 Å². The third kappa shape index (κ3) is 4.28. The maximum Gasteiger partial charge on any atom is 0.287 e. The van der Waals surface area contributed by atoms with Crippen molar-refractivity contribution in [1.29, 1.82) is 0 Å². The molecule has 0 radical (unpaired) electrons. The van der Waals surface area contributed by atoms with Gasteiger partial charge >= 0.3 is 0 Å². The minimum absolute atomic E-state index is 0.0449. The van der Waals surface area contributed by atoms with Crippen LogP contribution >= 0.6 is 0 Å². The fourth-order valence-corrected chi connectivity index (χ4v) is 3.79. The molecule has 2 aromatic carbocycles. The summed E-state index contributed by atoms with van der Waals surface area (Å²) in [4.78, 5) is 25.6. The van der Waals surface area contributed by atoms with Crippen molar-refractivity contribution in [2.45, 2.75) is 25.4 Å². The Bertz CT molecular complexity index is 1050. The summed E-state index contributed by atoms with van der Waals surface area (Å²) in [5, 5.41) is 15.2. The number of carbonyl (C=O) groups is 1. The minimum atomic E-state index is -0.480. The number of methoxy groups -OCH3 is 1. The normalized spacial score (nSPS) is 15.2. The Hall–Kier alpha value is -3.39. The Morgan fingerprint density at radius 2 is 1.97 bits per heavy atom. The van der Waals surface area contributed by atoms with Gasteiger partial charge in [-0.25, -0.2) is 0 Å². The summed E-state index contributed by atoms with van der Waals surface area (Å²) in [5.41, 5.74) is 1.16. The van der Waals surface area contributed by atoms with Crippen LogP contribution in [0, 0.1) is 10.1 Å². The maximum atomic E-state index is 12.7. The van der Waals surface area contributed by atoms with E-state index in [-0.39, 0.29) is 23.4 Å². The molecule has 1 fully saturated rings. The first-order valence-corrected chi connectivity index (χ1v) is 9.85. The largest absolute Gasteiger partial charge is 0.497 e. The SMILES string of the molecule is COc1ccc(CN2CCC(NC(=O)c3occ4ccc([N+](=O)[O-])cc34)CC2)cc1. The Morgan fingerprint density at radius 3 is 2.63 bits per heavy atom. The number of rotatable bonds is 6. The zero-order valence-electron chi connectivity index (χ0n) is 16.7. The molecule has 8 nitrogen and oxygen atoms in total. The molecular formula is C22H23N3O5. The molecule has 0 atom stereocenters. The highest BCUT2D eigenvalue weighted by atomic mass is 16.6. The standard InChI is InChI=1S/C22H23N3O5/c1-29-19-6-2-15(3-7-19)13-24-10-8-17(9-11-24)23-22(26)21-20-12-18(25(27)28)5-4-16(20)14-30-21/h2-7,12,14,17H,8-11,13H2,1H3,(H,23,26). The van der Waals surface area contributed by atoms with E-state index >= 15 is 0 Å². The number of nitro groups is 1. The van der Waals surface area contributed by atoms with Crippen LogP contribution in [0.4, 0.5) is 5.69 Å². The number of carbonyl (C=O) groups excluding carboxylic acids is 1. The highest BCUT2D eigenvalue weighted by molar-refractivity contribution is 6.05. The molecule has 0 aliphatic carbocycles. The van der Waals surface area contributed by atoms with Gasteiger partial charge in [-0.05, 0) is 36.6 Å². The number of nitrogens with one attached hydrogen (secondary N) is 1. The van der Waals surface area contributed by atoms with Crippen LogP contribution in [0.25, 0.3) is 10.8 Å².